The van der Waals surface area contributed by atoms with Gasteiger partial charge in [0.15, 0.2) is 0 Å². The number of unbranched alkanes of at least 4 members (excludes halogenated alkanes) is 1. The standard InChI is InChI=1S/C24H36N4O3/c1-6-7-13-28(24(30)25-21-11-10-19(2)20(3)16-21)18-23(29)27(14-15-31-5)17-22-9-8-12-26(22)4/h8-12,16H,6-7,13-15,17-18H2,1-5H3,(H,25,30). The number of aryl methyl sites for hydroxylation is 3. The summed E-state index contributed by atoms with van der Waals surface area (Å²) in [5.41, 5.74) is 4.05. The van der Waals surface area contributed by atoms with Crippen LogP contribution < -0.4 is 5.32 Å². The number of carbonyl (C=O) groups excluding carboxylic acids is 2. The molecule has 3 amide bonds. The Morgan fingerprint density at radius 2 is 1.87 bits per heavy atom. The molecule has 1 heterocycles. The number of anilines is 1. The molecule has 0 bridgehead atoms. The van der Waals surface area contributed by atoms with Gasteiger partial charge in [-0.2, -0.15) is 0 Å². The minimum absolute atomic E-state index is 0.0326. The molecule has 0 aliphatic rings. The molecule has 0 radical (unpaired) electrons. The van der Waals surface area contributed by atoms with E-state index in [4.69, 9.17) is 4.74 Å². The Morgan fingerprint density at radius 1 is 1.10 bits per heavy atom. The summed E-state index contributed by atoms with van der Waals surface area (Å²) in [6.07, 6.45) is 3.74. The van der Waals surface area contributed by atoms with Crippen LogP contribution in [0.15, 0.2) is 36.5 Å². The highest BCUT2D eigenvalue weighted by Gasteiger charge is 2.22. The zero-order valence-corrected chi connectivity index (χ0v) is 19.5. The first-order chi connectivity index (χ1) is 14.8. The Bertz CT molecular complexity index is 862. The average Bonchev–Trinajstić information content (AvgIpc) is 3.15. The van der Waals surface area contributed by atoms with Gasteiger partial charge in [0.25, 0.3) is 0 Å². The molecule has 2 aromatic rings. The van der Waals surface area contributed by atoms with Crippen LogP contribution in [-0.4, -0.2) is 59.7 Å². The predicted molar refractivity (Wildman–Crippen MR) is 124 cm³/mol. The molecule has 0 spiro atoms. The van der Waals surface area contributed by atoms with Crippen molar-refractivity contribution in [3.05, 3.63) is 53.3 Å². The van der Waals surface area contributed by atoms with Crippen molar-refractivity contribution < 1.29 is 14.3 Å². The van der Waals surface area contributed by atoms with Gasteiger partial charge in [0, 0.05) is 44.8 Å². The van der Waals surface area contributed by atoms with Gasteiger partial charge >= 0.3 is 6.03 Å². The Morgan fingerprint density at radius 3 is 2.48 bits per heavy atom. The lowest BCUT2D eigenvalue weighted by Crippen LogP contribution is -2.45. The highest BCUT2D eigenvalue weighted by Crippen LogP contribution is 2.15. The quantitative estimate of drug-likeness (QED) is 0.589. The lowest BCUT2D eigenvalue weighted by molar-refractivity contribution is -0.133. The molecule has 2 rings (SSSR count). The van der Waals surface area contributed by atoms with Gasteiger partial charge < -0.3 is 24.4 Å². The van der Waals surface area contributed by atoms with Crippen molar-refractivity contribution in [2.75, 3.05) is 38.7 Å². The first-order valence-electron chi connectivity index (χ1n) is 10.9. The average molecular weight is 429 g/mol. The monoisotopic (exact) mass is 428 g/mol. The molecule has 0 atom stereocenters. The first-order valence-corrected chi connectivity index (χ1v) is 10.9. The van der Waals surface area contributed by atoms with Crippen LogP contribution in [0.2, 0.25) is 0 Å². The largest absolute Gasteiger partial charge is 0.383 e. The van der Waals surface area contributed by atoms with E-state index < -0.39 is 0 Å². The molecule has 0 unspecified atom stereocenters. The number of carbonyl (C=O) groups is 2. The van der Waals surface area contributed by atoms with Crippen molar-refractivity contribution in [3.63, 3.8) is 0 Å². The van der Waals surface area contributed by atoms with Gasteiger partial charge in [-0.1, -0.05) is 19.4 Å². The van der Waals surface area contributed by atoms with Gasteiger partial charge in [0.05, 0.1) is 13.2 Å². The summed E-state index contributed by atoms with van der Waals surface area (Å²) in [6.45, 7) is 8.08. The van der Waals surface area contributed by atoms with Crippen LogP contribution in [-0.2, 0) is 23.1 Å². The fourth-order valence-corrected chi connectivity index (χ4v) is 3.24. The molecule has 7 nitrogen and oxygen atoms in total. The van der Waals surface area contributed by atoms with E-state index >= 15 is 0 Å². The predicted octanol–water partition coefficient (Wildman–Crippen LogP) is 3.95. The van der Waals surface area contributed by atoms with Gasteiger partial charge in [-0.05, 0) is 55.7 Å². The second-order valence-corrected chi connectivity index (χ2v) is 7.92. The Hall–Kier alpha value is -2.80. The number of methoxy groups -OCH3 is 1. The summed E-state index contributed by atoms with van der Waals surface area (Å²) in [5, 5.41) is 2.95. The summed E-state index contributed by atoms with van der Waals surface area (Å²) >= 11 is 0. The minimum Gasteiger partial charge on any atom is -0.383 e. The zero-order valence-electron chi connectivity index (χ0n) is 19.5. The van der Waals surface area contributed by atoms with Gasteiger partial charge in [-0.25, -0.2) is 4.79 Å². The number of urea groups is 1. The molecule has 0 aliphatic carbocycles. The van der Waals surface area contributed by atoms with Crippen molar-refractivity contribution >= 4 is 17.6 Å². The maximum absolute atomic E-state index is 13.2. The van der Waals surface area contributed by atoms with Crippen LogP contribution in [0.5, 0.6) is 0 Å². The third-order valence-corrected chi connectivity index (χ3v) is 5.48. The number of benzene rings is 1. The first kappa shape index (κ1) is 24.5. The maximum atomic E-state index is 13.2. The number of amides is 3. The summed E-state index contributed by atoms with van der Waals surface area (Å²) < 4.78 is 7.19. The third-order valence-electron chi connectivity index (χ3n) is 5.48. The number of aromatic nitrogens is 1. The Labute approximate surface area is 186 Å². The zero-order chi connectivity index (χ0) is 22.8. The number of ether oxygens (including phenoxy) is 1. The van der Waals surface area contributed by atoms with E-state index in [1.54, 1.807) is 16.9 Å². The lowest BCUT2D eigenvalue weighted by Gasteiger charge is -2.28. The molecule has 7 heteroatoms. The van der Waals surface area contributed by atoms with Crippen LogP contribution in [0.1, 0.15) is 36.6 Å². The molecular formula is C24H36N4O3. The number of hydrogen-bond acceptors (Lipinski definition) is 3. The van der Waals surface area contributed by atoms with Gasteiger partial charge in [-0.15, -0.1) is 0 Å². The van der Waals surface area contributed by atoms with Crippen molar-refractivity contribution in [2.45, 2.75) is 40.2 Å². The topological polar surface area (TPSA) is 66.8 Å². The third kappa shape index (κ3) is 7.43. The highest BCUT2D eigenvalue weighted by atomic mass is 16.5. The van der Waals surface area contributed by atoms with E-state index in [2.05, 4.69) is 12.2 Å². The normalized spacial score (nSPS) is 10.7. The van der Waals surface area contributed by atoms with E-state index in [1.807, 2.05) is 62.0 Å². The molecule has 1 aromatic carbocycles. The van der Waals surface area contributed by atoms with Gasteiger partial charge in [-0.3, -0.25) is 4.79 Å². The summed E-state index contributed by atoms with van der Waals surface area (Å²) in [6, 6.07) is 9.52. The van der Waals surface area contributed by atoms with E-state index in [0.29, 0.717) is 26.2 Å². The van der Waals surface area contributed by atoms with E-state index in [1.165, 1.54) is 5.56 Å². The molecule has 1 N–H and O–H groups in total. The molecule has 0 saturated heterocycles. The highest BCUT2D eigenvalue weighted by molar-refractivity contribution is 5.92. The van der Waals surface area contributed by atoms with Crippen LogP contribution in [0.25, 0.3) is 0 Å². The van der Waals surface area contributed by atoms with Crippen LogP contribution in [0.4, 0.5) is 10.5 Å². The molecule has 1 aromatic heterocycles. The molecule has 0 saturated carbocycles. The van der Waals surface area contributed by atoms with Gasteiger partial charge in [0.2, 0.25) is 5.91 Å². The van der Waals surface area contributed by atoms with E-state index in [0.717, 1.165) is 29.8 Å². The van der Waals surface area contributed by atoms with Crippen molar-refractivity contribution in [1.29, 1.82) is 0 Å². The summed E-state index contributed by atoms with van der Waals surface area (Å²) in [4.78, 5) is 29.5. The maximum Gasteiger partial charge on any atom is 0.322 e. The van der Waals surface area contributed by atoms with E-state index in [-0.39, 0.29) is 18.5 Å². The van der Waals surface area contributed by atoms with Crippen molar-refractivity contribution in [2.24, 2.45) is 7.05 Å². The molecule has 170 valence electrons. The van der Waals surface area contributed by atoms with E-state index in [9.17, 15) is 9.59 Å². The smallest absolute Gasteiger partial charge is 0.322 e. The molecule has 31 heavy (non-hydrogen) atoms. The SMILES string of the molecule is CCCCN(CC(=O)N(CCOC)Cc1cccn1C)C(=O)Nc1ccc(C)c(C)c1. The van der Waals surface area contributed by atoms with Crippen molar-refractivity contribution in [1.82, 2.24) is 14.4 Å². The Kier molecular flexibility index (Phi) is 9.59. The molecule has 0 fully saturated rings. The second-order valence-electron chi connectivity index (χ2n) is 7.92. The van der Waals surface area contributed by atoms with Crippen LogP contribution >= 0.6 is 0 Å². The number of rotatable bonds is 11. The fourth-order valence-electron chi connectivity index (χ4n) is 3.24. The van der Waals surface area contributed by atoms with Gasteiger partial charge in [0.1, 0.15) is 6.54 Å². The Balaban J connectivity index is 2.11. The number of nitrogens with zero attached hydrogens (tertiary/aromatic N) is 3. The molecule has 0 aliphatic heterocycles. The summed E-state index contributed by atoms with van der Waals surface area (Å²) in [5.74, 6) is -0.0930. The molecular weight excluding hydrogens is 392 g/mol. The number of hydrogen-bond donors (Lipinski definition) is 1. The number of nitrogens with one attached hydrogen (secondary N) is 1. The lowest BCUT2D eigenvalue weighted by atomic mass is 10.1. The fraction of sp³-hybridized carbons (Fsp3) is 0.500. The van der Waals surface area contributed by atoms with Crippen LogP contribution in [0, 0.1) is 13.8 Å². The van der Waals surface area contributed by atoms with Crippen LogP contribution in [0.3, 0.4) is 0 Å². The second kappa shape index (κ2) is 12.2. The minimum atomic E-state index is -0.254. The van der Waals surface area contributed by atoms with Crippen molar-refractivity contribution in [3.8, 4) is 0 Å². The summed E-state index contributed by atoms with van der Waals surface area (Å²) in [7, 11) is 3.58.